The predicted octanol–water partition coefficient (Wildman–Crippen LogP) is 3.30. The minimum atomic E-state index is -3.59. The Bertz CT molecular complexity index is 1160. The molecule has 1 N–H and O–H groups in total. The van der Waals surface area contributed by atoms with E-state index in [4.69, 9.17) is 4.74 Å². The number of nitrogens with zero attached hydrogens (tertiary/aromatic N) is 4. The highest BCUT2D eigenvalue weighted by atomic mass is 32.2. The Kier molecular flexibility index (Phi) is 5.99. The number of ether oxygens (including phenoxy) is 1. The van der Waals surface area contributed by atoms with Crippen molar-refractivity contribution in [3.05, 3.63) is 71.3 Å². The zero-order chi connectivity index (χ0) is 22.0. The third-order valence-corrected chi connectivity index (χ3v) is 6.83. The lowest BCUT2D eigenvalue weighted by Crippen LogP contribution is -2.42. The van der Waals surface area contributed by atoms with Gasteiger partial charge in [0.05, 0.1) is 17.2 Å². The molecular formula is C22H25N5O3S. The van der Waals surface area contributed by atoms with Gasteiger partial charge in [-0.05, 0) is 51.1 Å². The molecule has 31 heavy (non-hydrogen) atoms. The number of aryl methyl sites for hydroxylation is 3. The van der Waals surface area contributed by atoms with Crippen LogP contribution in [0.2, 0.25) is 0 Å². The molecule has 1 aromatic carbocycles. The van der Waals surface area contributed by atoms with Gasteiger partial charge in [-0.2, -0.15) is 4.31 Å². The van der Waals surface area contributed by atoms with Crippen LogP contribution in [0.3, 0.4) is 0 Å². The van der Waals surface area contributed by atoms with Gasteiger partial charge in [-0.25, -0.2) is 18.4 Å². The van der Waals surface area contributed by atoms with Crippen LogP contribution in [0.4, 0.5) is 11.6 Å². The van der Waals surface area contributed by atoms with Gasteiger partial charge in [0.15, 0.2) is 0 Å². The summed E-state index contributed by atoms with van der Waals surface area (Å²) < 4.78 is 33.4. The second-order valence-electron chi connectivity index (χ2n) is 7.56. The number of anilines is 2. The Morgan fingerprint density at radius 3 is 2.35 bits per heavy atom. The molecule has 0 bridgehead atoms. The fraction of sp³-hybridized carbons (Fsp3) is 0.318. The first-order valence-electron chi connectivity index (χ1n) is 10.1. The first-order valence-corrected chi connectivity index (χ1v) is 11.5. The Morgan fingerprint density at radius 2 is 1.65 bits per heavy atom. The molecular weight excluding hydrogens is 414 g/mol. The molecule has 1 atom stereocenters. The minimum Gasteiger partial charge on any atom is -0.369 e. The fourth-order valence-corrected chi connectivity index (χ4v) is 5.05. The van der Waals surface area contributed by atoms with Crippen molar-refractivity contribution in [3.63, 3.8) is 0 Å². The van der Waals surface area contributed by atoms with E-state index in [0.29, 0.717) is 24.8 Å². The molecule has 0 saturated carbocycles. The van der Waals surface area contributed by atoms with E-state index in [1.807, 2.05) is 39.0 Å². The number of hydrogen-bond acceptors (Lipinski definition) is 7. The molecule has 1 saturated heterocycles. The molecule has 4 rings (SSSR count). The molecule has 1 fully saturated rings. The summed E-state index contributed by atoms with van der Waals surface area (Å²) in [5, 5.41) is 3.22. The summed E-state index contributed by atoms with van der Waals surface area (Å²) in [7, 11) is -3.59. The van der Waals surface area contributed by atoms with Gasteiger partial charge in [-0.3, -0.25) is 4.98 Å². The van der Waals surface area contributed by atoms with Crippen LogP contribution in [0, 0.1) is 20.8 Å². The van der Waals surface area contributed by atoms with Crippen molar-refractivity contribution in [2.75, 3.05) is 25.0 Å². The van der Waals surface area contributed by atoms with Crippen molar-refractivity contribution in [1.82, 2.24) is 19.3 Å². The van der Waals surface area contributed by atoms with Gasteiger partial charge in [-0.1, -0.05) is 18.2 Å². The zero-order valence-electron chi connectivity index (χ0n) is 17.7. The lowest BCUT2D eigenvalue weighted by molar-refractivity contribution is -0.00497. The Hall–Kier alpha value is -2.88. The van der Waals surface area contributed by atoms with Gasteiger partial charge < -0.3 is 10.1 Å². The van der Waals surface area contributed by atoms with E-state index in [9.17, 15) is 8.42 Å². The van der Waals surface area contributed by atoms with Crippen LogP contribution in [0.15, 0.2) is 53.4 Å². The summed E-state index contributed by atoms with van der Waals surface area (Å²) in [5.74, 6) is 0.506. The molecule has 1 aliphatic heterocycles. The zero-order valence-corrected chi connectivity index (χ0v) is 18.6. The van der Waals surface area contributed by atoms with E-state index < -0.39 is 16.1 Å². The number of sulfonamides is 1. The molecule has 8 nitrogen and oxygen atoms in total. The van der Waals surface area contributed by atoms with E-state index in [-0.39, 0.29) is 11.4 Å². The molecule has 2 aromatic heterocycles. The summed E-state index contributed by atoms with van der Waals surface area (Å²) in [4.78, 5) is 13.7. The first-order chi connectivity index (χ1) is 14.8. The SMILES string of the molecule is Cc1cc(Nc2nc(C)cc(C)n2)cc([C@H]2CN(S(=O)(=O)c3ccccc3)CCO2)n1. The Labute approximate surface area is 182 Å². The van der Waals surface area contributed by atoms with Crippen molar-refractivity contribution >= 4 is 21.7 Å². The molecule has 0 amide bonds. The van der Waals surface area contributed by atoms with Gasteiger partial charge in [0.2, 0.25) is 16.0 Å². The van der Waals surface area contributed by atoms with E-state index in [2.05, 4.69) is 20.3 Å². The number of rotatable bonds is 5. The molecule has 0 spiro atoms. The Morgan fingerprint density at radius 1 is 0.968 bits per heavy atom. The molecule has 162 valence electrons. The number of aromatic nitrogens is 3. The van der Waals surface area contributed by atoms with Crippen LogP contribution in [-0.4, -0.2) is 47.4 Å². The van der Waals surface area contributed by atoms with Crippen LogP contribution in [0.1, 0.15) is 28.9 Å². The smallest absolute Gasteiger partial charge is 0.243 e. The van der Waals surface area contributed by atoms with E-state index in [0.717, 1.165) is 22.8 Å². The molecule has 3 heterocycles. The first kappa shape index (κ1) is 21.4. The number of pyridine rings is 1. The molecule has 3 aromatic rings. The van der Waals surface area contributed by atoms with Crippen LogP contribution >= 0.6 is 0 Å². The lowest BCUT2D eigenvalue weighted by atomic mass is 10.1. The average molecular weight is 440 g/mol. The molecule has 9 heteroatoms. The van der Waals surface area contributed by atoms with Crippen molar-refractivity contribution in [3.8, 4) is 0 Å². The summed E-state index contributed by atoms with van der Waals surface area (Å²) >= 11 is 0. The largest absolute Gasteiger partial charge is 0.369 e. The molecule has 0 unspecified atom stereocenters. The molecule has 1 aliphatic rings. The standard InChI is InChI=1S/C22H25N5O3S/c1-15-11-16(2)25-22(24-15)26-18-12-17(3)23-20(13-18)21-14-27(9-10-30-21)31(28,29)19-7-5-4-6-8-19/h4-8,11-13,21H,9-10,14H2,1-3H3,(H,23,24,25,26)/t21-/m1/s1. The fourth-order valence-electron chi connectivity index (χ4n) is 3.61. The van der Waals surface area contributed by atoms with Crippen LogP contribution < -0.4 is 5.32 Å². The third-order valence-electron chi connectivity index (χ3n) is 4.95. The van der Waals surface area contributed by atoms with E-state index in [1.165, 1.54) is 4.31 Å². The van der Waals surface area contributed by atoms with Crippen LogP contribution in [0.5, 0.6) is 0 Å². The predicted molar refractivity (Wildman–Crippen MR) is 118 cm³/mol. The number of hydrogen-bond donors (Lipinski definition) is 1. The summed E-state index contributed by atoms with van der Waals surface area (Å²) in [6.45, 7) is 6.53. The van der Waals surface area contributed by atoms with Crippen LogP contribution in [0.25, 0.3) is 0 Å². The maximum absolute atomic E-state index is 13.0. The third kappa shape index (κ3) is 4.90. The second-order valence-corrected chi connectivity index (χ2v) is 9.49. The molecule has 0 radical (unpaired) electrons. The van der Waals surface area contributed by atoms with Gasteiger partial charge in [0.25, 0.3) is 0 Å². The highest BCUT2D eigenvalue weighted by Gasteiger charge is 2.32. The topological polar surface area (TPSA) is 97.3 Å². The number of nitrogens with one attached hydrogen (secondary N) is 1. The van der Waals surface area contributed by atoms with Gasteiger partial charge in [0, 0.05) is 35.9 Å². The number of morpholine rings is 1. The average Bonchev–Trinajstić information content (AvgIpc) is 2.73. The van der Waals surface area contributed by atoms with Crippen molar-refractivity contribution < 1.29 is 13.2 Å². The van der Waals surface area contributed by atoms with Gasteiger partial charge in [-0.15, -0.1) is 0 Å². The molecule has 0 aliphatic carbocycles. The maximum Gasteiger partial charge on any atom is 0.243 e. The van der Waals surface area contributed by atoms with E-state index >= 15 is 0 Å². The number of benzene rings is 1. The Balaban J connectivity index is 1.58. The lowest BCUT2D eigenvalue weighted by Gasteiger charge is -2.32. The highest BCUT2D eigenvalue weighted by Crippen LogP contribution is 2.28. The maximum atomic E-state index is 13.0. The van der Waals surface area contributed by atoms with Gasteiger partial charge >= 0.3 is 0 Å². The summed E-state index contributed by atoms with van der Waals surface area (Å²) in [6, 6.07) is 14.1. The van der Waals surface area contributed by atoms with Crippen LogP contribution in [-0.2, 0) is 14.8 Å². The summed E-state index contributed by atoms with van der Waals surface area (Å²) in [6.07, 6.45) is -0.465. The van der Waals surface area contributed by atoms with Gasteiger partial charge in [0.1, 0.15) is 6.10 Å². The van der Waals surface area contributed by atoms with Crippen molar-refractivity contribution in [2.24, 2.45) is 0 Å². The van der Waals surface area contributed by atoms with Crippen molar-refractivity contribution in [1.29, 1.82) is 0 Å². The monoisotopic (exact) mass is 439 g/mol. The quantitative estimate of drug-likeness (QED) is 0.651. The van der Waals surface area contributed by atoms with E-state index in [1.54, 1.807) is 30.3 Å². The second kappa shape index (κ2) is 8.70. The minimum absolute atomic E-state index is 0.202. The van der Waals surface area contributed by atoms with Crippen molar-refractivity contribution in [2.45, 2.75) is 31.8 Å². The highest BCUT2D eigenvalue weighted by molar-refractivity contribution is 7.89. The normalized spacial score (nSPS) is 17.5. The summed E-state index contributed by atoms with van der Waals surface area (Å²) in [5.41, 5.74) is 3.98.